The van der Waals surface area contributed by atoms with E-state index in [9.17, 15) is 4.79 Å². The van der Waals surface area contributed by atoms with Gasteiger partial charge < -0.3 is 30.3 Å². The van der Waals surface area contributed by atoms with Crippen LogP contribution in [0.2, 0.25) is 0 Å². The SMILES string of the molecule is CCNc1nc(OCCNC(=O)Nc2ccccc2)nc(N2CCOCC2)n1. The maximum Gasteiger partial charge on any atom is 0.323 e. The molecular weight excluding hydrogens is 362 g/mol. The summed E-state index contributed by atoms with van der Waals surface area (Å²) in [4.78, 5) is 27.0. The lowest BCUT2D eigenvalue weighted by atomic mass is 10.3. The summed E-state index contributed by atoms with van der Waals surface area (Å²) in [5.74, 6) is 1.02. The van der Waals surface area contributed by atoms with Crippen LogP contribution in [0, 0.1) is 0 Å². The Morgan fingerprint density at radius 2 is 1.96 bits per heavy atom. The van der Waals surface area contributed by atoms with Crippen molar-refractivity contribution < 1.29 is 14.3 Å². The van der Waals surface area contributed by atoms with E-state index in [0.29, 0.717) is 38.2 Å². The molecule has 1 fully saturated rings. The molecule has 1 aliphatic rings. The molecule has 0 aliphatic carbocycles. The van der Waals surface area contributed by atoms with Crippen molar-refractivity contribution >= 4 is 23.6 Å². The monoisotopic (exact) mass is 387 g/mol. The van der Waals surface area contributed by atoms with Crippen LogP contribution in [0.4, 0.5) is 22.4 Å². The standard InChI is InChI=1S/C18H25N7O3/c1-2-19-15-22-16(25-9-12-27-13-10-25)24-18(23-15)28-11-8-20-17(26)21-14-6-4-3-5-7-14/h3-7H,2,8-13H2,1H3,(H2,20,21,26)(H,19,22,23,24). The molecule has 28 heavy (non-hydrogen) atoms. The topological polar surface area (TPSA) is 114 Å². The van der Waals surface area contributed by atoms with Crippen molar-refractivity contribution in [1.29, 1.82) is 0 Å². The first-order valence-electron chi connectivity index (χ1n) is 9.30. The molecule has 3 N–H and O–H groups in total. The molecule has 10 nitrogen and oxygen atoms in total. The molecule has 1 aliphatic heterocycles. The predicted molar refractivity (Wildman–Crippen MR) is 106 cm³/mol. The third-order valence-corrected chi connectivity index (χ3v) is 3.88. The minimum absolute atomic E-state index is 0.220. The Labute approximate surface area is 163 Å². The van der Waals surface area contributed by atoms with Crippen LogP contribution in [0.3, 0.4) is 0 Å². The number of nitrogens with zero attached hydrogens (tertiary/aromatic N) is 4. The van der Waals surface area contributed by atoms with Crippen molar-refractivity contribution in [3.63, 3.8) is 0 Å². The van der Waals surface area contributed by atoms with E-state index in [2.05, 4.69) is 30.9 Å². The van der Waals surface area contributed by atoms with Gasteiger partial charge in [0.25, 0.3) is 0 Å². The number of ether oxygens (including phenoxy) is 2. The smallest absolute Gasteiger partial charge is 0.323 e. The fraction of sp³-hybridized carbons (Fsp3) is 0.444. The highest BCUT2D eigenvalue weighted by molar-refractivity contribution is 5.89. The van der Waals surface area contributed by atoms with E-state index in [1.54, 1.807) is 0 Å². The molecule has 0 atom stereocenters. The first-order chi connectivity index (χ1) is 13.7. The third-order valence-electron chi connectivity index (χ3n) is 3.88. The van der Waals surface area contributed by atoms with Crippen LogP contribution in [-0.4, -0.2) is 67.0 Å². The zero-order valence-electron chi connectivity index (χ0n) is 15.9. The molecule has 0 radical (unpaired) electrons. The number of urea groups is 1. The highest BCUT2D eigenvalue weighted by Gasteiger charge is 2.17. The van der Waals surface area contributed by atoms with Gasteiger partial charge in [-0.05, 0) is 19.1 Å². The Morgan fingerprint density at radius 1 is 1.18 bits per heavy atom. The third kappa shape index (κ3) is 5.95. The lowest BCUT2D eigenvalue weighted by molar-refractivity contribution is 0.122. The molecule has 3 rings (SSSR count). The number of hydrogen-bond acceptors (Lipinski definition) is 8. The second-order valence-electron chi connectivity index (χ2n) is 5.97. The number of amides is 2. The number of para-hydroxylation sites is 1. The highest BCUT2D eigenvalue weighted by atomic mass is 16.5. The van der Waals surface area contributed by atoms with Crippen molar-refractivity contribution in [3.05, 3.63) is 30.3 Å². The molecule has 2 aromatic rings. The van der Waals surface area contributed by atoms with Crippen LogP contribution >= 0.6 is 0 Å². The van der Waals surface area contributed by atoms with Gasteiger partial charge in [0.2, 0.25) is 11.9 Å². The fourth-order valence-corrected chi connectivity index (χ4v) is 2.56. The summed E-state index contributed by atoms with van der Waals surface area (Å²) in [5, 5.41) is 8.56. The Kier molecular flexibility index (Phi) is 7.19. The molecule has 0 unspecified atom stereocenters. The minimum Gasteiger partial charge on any atom is -0.461 e. The first kappa shape index (κ1) is 19.6. The van der Waals surface area contributed by atoms with Gasteiger partial charge >= 0.3 is 12.0 Å². The van der Waals surface area contributed by atoms with E-state index >= 15 is 0 Å². The van der Waals surface area contributed by atoms with Gasteiger partial charge in [-0.1, -0.05) is 18.2 Å². The lowest BCUT2D eigenvalue weighted by Crippen LogP contribution is -2.37. The summed E-state index contributed by atoms with van der Waals surface area (Å²) in [7, 11) is 0. The average Bonchev–Trinajstić information content (AvgIpc) is 2.73. The molecular formula is C18H25N7O3. The van der Waals surface area contributed by atoms with E-state index in [0.717, 1.165) is 18.8 Å². The van der Waals surface area contributed by atoms with Gasteiger partial charge in [0.05, 0.1) is 19.8 Å². The van der Waals surface area contributed by atoms with Crippen LogP contribution in [0.5, 0.6) is 6.01 Å². The summed E-state index contributed by atoms with van der Waals surface area (Å²) in [6.07, 6.45) is 0. The molecule has 1 aromatic carbocycles. The van der Waals surface area contributed by atoms with Crippen molar-refractivity contribution in [3.8, 4) is 6.01 Å². The lowest BCUT2D eigenvalue weighted by Gasteiger charge is -2.27. The van der Waals surface area contributed by atoms with Gasteiger partial charge in [-0.2, -0.15) is 15.0 Å². The molecule has 0 saturated carbocycles. The molecule has 150 valence electrons. The number of carbonyl (C=O) groups is 1. The Morgan fingerprint density at radius 3 is 2.71 bits per heavy atom. The normalized spacial score (nSPS) is 13.7. The van der Waals surface area contributed by atoms with E-state index in [4.69, 9.17) is 9.47 Å². The average molecular weight is 387 g/mol. The van der Waals surface area contributed by atoms with Crippen LogP contribution < -0.4 is 25.6 Å². The fourth-order valence-electron chi connectivity index (χ4n) is 2.56. The molecule has 1 saturated heterocycles. The van der Waals surface area contributed by atoms with Crippen LogP contribution in [0.1, 0.15) is 6.92 Å². The maximum absolute atomic E-state index is 11.9. The van der Waals surface area contributed by atoms with E-state index in [1.165, 1.54) is 0 Å². The van der Waals surface area contributed by atoms with E-state index < -0.39 is 0 Å². The second kappa shape index (κ2) is 10.3. The van der Waals surface area contributed by atoms with Crippen molar-refractivity contribution in [2.45, 2.75) is 6.92 Å². The van der Waals surface area contributed by atoms with Crippen LogP contribution in [-0.2, 0) is 4.74 Å². The predicted octanol–water partition coefficient (Wildman–Crippen LogP) is 1.34. The highest BCUT2D eigenvalue weighted by Crippen LogP contribution is 2.16. The summed E-state index contributed by atoms with van der Waals surface area (Å²) >= 11 is 0. The Bertz CT molecular complexity index is 754. The number of rotatable bonds is 8. The van der Waals surface area contributed by atoms with Gasteiger partial charge in [-0.15, -0.1) is 0 Å². The number of hydrogen-bond donors (Lipinski definition) is 3. The number of morpholine rings is 1. The number of anilines is 3. The number of aromatic nitrogens is 3. The van der Waals surface area contributed by atoms with Crippen LogP contribution in [0.25, 0.3) is 0 Å². The summed E-state index contributed by atoms with van der Waals surface area (Å²) in [6.45, 7) is 5.92. The Balaban J connectivity index is 1.51. The van der Waals surface area contributed by atoms with Crippen molar-refractivity contribution in [2.24, 2.45) is 0 Å². The number of carbonyl (C=O) groups excluding carboxylic acids is 1. The van der Waals surface area contributed by atoms with E-state index in [1.807, 2.05) is 42.2 Å². The van der Waals surface area contributed by atoms with Gasteiger partial charge in [0.1, 0.15) is 6.61 Å². The number of nitrogens with one attached hydrogen (secondary N) is 3. The van der Waals surface area contributed by atoms with Crippen molar-refractivity contribution in [1.82, 2.24) is 20.3 Å². The van der Waals surface area contributed by atoms with Gasteiger partial charge in [-0.3, -0.25) is 0 Å². The van der Waals surface area contributed by atoms with E-state index in [-0.39, 0.29) is 18.6 Å². The minimum atomic E-state index is -0.298. The van der Waals surface area contributed by atoms with Gasteiger partial charge in [0.15, 0.2) is 0 Å². The first-order valence-corrected chi connectivity index (χ1v) is 9.30. The largest absolute Gasteiger partial charge is 0.461 e. The molecule has 0 spiro atoms. The molecule has 2 heterocycles. The summed E-state index contributed by atoms with van der Waals surface area (Å²) < 4.78 is 11.0. The van der Waals surface area contributed by atoms with Crippen molar-refractivity contribution in [2.75, 3.05) is 61.5 Å². The maximum atomic E-state index is 11.9. The van der Waals surface area contributed by atoms with Crippen LogP contribution in [0.15, 0.2) is 30.3 Å². The zero-order chi connectivity index (χ0) is 19.6. The molecule has 0 bridgehead atoms. The second-order valence-corrected chi connectivity index (χ2v) is 5.97. The number of benzene rings is 1. The molecule has 2 amide bonds. The van der Waals surface area contributed by atoms with Gasteiger partial charge in [-0.25, -0.2) is 4.79 Å². The summed E-state index contributed by atoms with van der Waals surface area (Å²) in [5.41, 5.74) is 0.726. The van der Waals surface area contributed by atoms with Gasteiger partial charge in [0, 0.05) is 25.3 Å². The Hall–Kier alpha value is -3.14. The molecule has 10 heteroatoms. The zero-order valence-corrected chi connectivity index (χ0v) is 15.9. The summed E-state index contributed by atoms with van der Waals surface area (Å²) in [6, 6.07) is 9.15. The quantitative estimate of drug-likeness (QED) is 0.582. The molecule has 1 aromatic heterocycles.